The van der Waals surface area contributed by atoms with E-state index in [4.69, 9.17) is 9.47 Å². The van der Waals surface area contributed by atoms with Crippen molar-refractivity contribution < 1.29 is 14.6 Å². The molecule has 2 bridgehead atoms. The molecule has 172 valence electrons. The second kappa shape index (κ2) is 9.33. The van der Waals surface area contributed by atoms with Gasteiger partial charge in [0.25, 0.3) is 0 Å². The number of nitrogens with zero attached hydrogens (tertiary/aromatic N) is 1. The Labute approximate surface area is 193 Å². The highest BCUT2D eigenvalue weighted by Gasteiger charge is 2.64. The van der Waals surface area contributed by atoms with Crippen LogP contribution >= 0.6 is 12.4 Å². The molecule has 1 N–H and O–H groups in total. The zero-order valence-corrected chi connectivity index (χ0v) is 19.8. The molecule has 0 radical (unpaired) electrons. The third-order valence-electron chi connectivity index (χ3n) is 8.14. The van der Waals surface area contributed by atoms with E-state index in [9.17, 15) is 5.11 Å². The maximum Gasteiger partial charge on any atom is 0.165 e. The van der Waals surface area contributed by atoms with E-state index in [2.05, 4.69) is 37.1 Å². The van der Waals surface area contributed by atoms with Gasteiger partial charge in [0.05, 0.1) is 6.61 Å². The first-order valence-electron chi connectivity index (χ1n) is 12.2. The molecular formula is C26H38ClNO3. The van der Waals surface area contributed by atoms with Crippen LogP contribution in [0.4, 0.5) is 0 Å². The van der Waals surface area contributed by atoms with Gasteiger partial charge in [-0.2, -0.15) is 0 Å². The summed E-state index contributed by atoms with van der Waals surface area (Å²) in [6.07, 6.45) is 14.6. The fourth-order valence-electron chi connectivity index (χ4n) is 6.58. The minimum absolute atomic E-state index is 0. The molecule has 5 heteroatoms. The molecule has 0 aromatic heterocycles. The van der Waals surface area contributed by atoms with Gasteiger partial charge in [-0.1, -0.05) is 63.7 Å². The fourth-order valence-corrected chi connectivity index (χ4v) is 6.58. The van der Waals surface area contributed by atoms with Crippen molar-refractivity contribution in [2.45, 2.75) is 88.4 Å². The highest BCUT2D eigenvalue weighted by Crippen LogP contribution is 2.62. The van der Waals surface area contributed by atoms with Crippen molar-refractivity contribution in [3.8, 4) is 11.5 Å². The molecule has 2 aliphatic carbocycles. The Morgan fingerprint density at radius 2 is 1.90 bits per heavy atom. The molecule has 5 atom stereocenters. The highest BCUT2D eigenvalue weighted by molar-refractivity contribution is 5.85. The van der Waals surface area contributed by atoms with Crippen molar-refractivity contribution in [2.24, 2.45) is 5.92 Å². The molecule has 0 amide bonds. The summed E-state index contributed by atoms with van der Waals surface area (Å²) in [6.45, 7) is 4.07. The molecular weight excluding hydrogens is 410 g/mol. The largest absolute Gasteiger partial charge is 0.490 e. The quantitative estimate of drug-likeness (QED) is 0.425. The van der Waals surface area contributed by atoms with Gasteiger partial charge in [-0.05, 0) is 44.5 Å². The number of unbranched alkanes of at least 4 members (excludes halogenated alkanes) is 6. The van der Waals surface area contributed by atoms with Crippen LogP contribution in [0.5, 0.6) is 11.5 Å². The first kappa shape index (κ1) is 22.9. The normalized spacial score (nSPS) is 32.2. The SMILES string of the molecule is CCCCCCCCCOc1ccc2c3c1OC1C(O)C=CC4C(C2)N(C)CCC341.Cl. The molecule has 5 rings (SSSR count). The van der Waals surface area contributed by atoms with E-state index in [0.29, 0.717) is 12.0 Å². The number of benzene rings is 1. The summed E-state index contributed by atoms with van der Waals surface area (Å²) >= 11 is 0. The van der Waals surface area contributed by atoms with Crippen molar-refractivity contribution in [3.63, 3.8) is 0 Å². The minimum atomic E-state index is -0.542. The monoisotopic (exact) mass is 447 g/mol. The summed E-state index contributed by atoms with van der Waals surface area (Å²) in [6, 6.07) is 4.87. The van der Waals surface area contributed by atoms with Gasteiger partial charge in [0.1, 0.15) is 12.2 Å². The molecule has 5 unspecified atom stereocenters. The predicted octanol–water partition coefficient (Wildman–Crippen LogP) is 5.04. The van der Waals surface area contributed by atoms with E-state index in [1.165, 1.54) is 49.7 Å². The first-order valence-corrected chi connectivity index (χ1v) is 12.2. The summed E-state index contributed by atoms with van der Waals surface area (Å²) in [5, 5.41) is 10.8. The summed E-state index contributed by atoms with van der Waals surface area (Å²) < 4.78 is 12.8. The standard InChI is InChI=1S/C26H37NO3.ClH/c1-3-4-5-6-7-8-9-16-29-22-13-10-18-17-20-19-11-12-21(28)25-26(19,14-15-27(20)2)23(18)24(22)30-25;/h10-13,19-21,25,28H,3-9,14-17H2,1-2H3;1H. The van der Waals surface area contributed by atoms with Crippen LogP contribution < -0.4 is 9.47 Å². The first-order chi connectivity index (χ1) is 14.7. The predicted molar refractivity (Wildman–Crippen MR) is 127 cm³/mol. The van der Waals surface area contributed by atoms with Crippen molar-refractivity contribution in [1.29, 1.82) is 0 Å². The smallest absolute Gasteiger partial charge is 0.165 e. The lowest BCUT2D eigenvalue weighted by Gasteiger charge is -2.56. The van der Waals surface area contributed by atoms with Crippen LogP contribution in [0.2, 0.25) is 0 Å². The zero-order chi connectivity index (χ0) is 20.7. The third-order valence-corrected chi connectivity index (χ3v) is 8.14. The number of likely N-dealkylation sites (tertiary alicyclic amines) is 1. The van der Waals surface area contributed by atoms with Crippen LogP contribution in [0.3, 0.4) is 0 Å². The molecule has 1 aromatic rings. The molecule has 4 aliphatic rings. The lowest BCUT2D eigenvalue weighted by molar-refractivity contribution is -0.0454. The molecule has 1 fully saturated rings. The van der Waals surface area contributed by atoms with Gasteiger partial charge >= 0.3 is 0 Å². The van der Waals surface area contributed by atoms with Crippen LogP contribution in [0.25, 0.3) is 0 Å². The Morgan fingerprint density at radius 1 is 1.13 bits per heavy atom. The second-order valence-electron chi connectivity index (χ2n) is 9.88. The van der Waals surface area contributed by atoms with Gasteiger partial charge in [-0.15, -0.1) is 12.4 Å². The van der Waals surface area contributed by atoms with Crippen molar-refractivity contribution in [3.05, 3.63) is 35.4 Å². The summed E-state index contributed by atoms with van der Waals surface area (Å²) in [4.78, 5) is 2.50. The van der Waals surface area contributed by atoms with E-state index in [-0.39, 0.29) is 23.9 Å². The van der Waals surface area contributed by atoms with Crippen molar-refractivity contribution in [2.75, 3.05) is 20.2 Å². The average Bonchev–Trinajstić information content (AvgIpc) is 3.10. The Balaban J connectivity index is 0.00000231. The summed E-state index contributed by atoms with van der Waals surface area (Å²) in [5.41, 5.74) is 2.65. The topological polar surface area (TPSA) is 41.9 Å². The number of aliphatic hydroxyl groups is 1. The zero-order valence-electron chi connectivity index (χ0n) is 19.0. The molecule has 0 saturated carbocycles. The van der Waals surface area contributed by atoms with Gasteiger partial charge in [-0.3, -0.25) is 0 Å². The Hall–Kier alpha value is -1.23. The van der Waals surface area contributed by atoms with E-state index in [0.717, 1.165) is 43.9 Å². The number of likely N-dealkylation sites (N-methyl/N-ethyl adjacent to an activating group) is 1. The van der Waals surface area contributed by atoms with Crippen LogP contribution in [-0.4, -0.2) is 48.5 Å². The van der Waals surface area contributed by atoms with E-state index < -0.39 is 6.10 Å². The number of halogens is 1. The number of aliphatic hydroxyl groups excluding tert-OH is 1. The van der Waals surface area contributed by atoms with E-state index >= 15 is 0 Å². The van der Waals surface area contributed by atoms with Crippen LogP contribution in [-0.2, 0) is 11.8 Å². The number of ether oxygens (including phenoxy) is 2. The number of piperidine rings is 1. The molecule has 2 aliphatic heterocycles. The van der Waals surface area contributed by atoms with Crippen LogP contribution in [0, 0.1) is 5.92 Å². The molecule has 2 heterocycles. The Morgan fingerprint density at radius 3 is 2.71 bits per heavy atom. The molecule has 1 saturated heterocycles. The lowest BCUT2D eigenvalue weighted by Crippen LogP contribution is -2.64. The van der Waals surface area contributed by atoms with Gasteiger partial charge < -0.3 is 19.5 Å². The Bertz CT molecular complexity index is 812. The van der Waals surface area contributed by atoms with Crippen molar-refractivity contribution >= 4 is 12.4 Å². The lowest BCUT2D eigenvalue weighted by atomic mass is 9.53. The number of hydrogen-bond donors (Lipinski definition) is 1. The summed E-state index contributed by atoms with van der Waals surface area (Å²) in [7, 11) is 2.24. The molecule has 31 heavy (non-hydrogen) atoms. The van der Waals surface area contributed by atoms with Gasteiger partial charge in [0.2, 0.25) is 0 Å². The van der Waals surface area contributed by atoms with Crippen molar-refractivity contribution in [1.82, 2.24) is 4.90 Å². The number of hydrogen-bond acceptors (Lipinski definition) is 4. The fraction of sp³-hybridized carbons (Fsp3) is 0.692. The summed E-state index contributed by atoms with van der Waals surface area (Å²) in [5.74, 6) is 2.22. The van der Waals surface area contributed by atoms with Gasteiger partial charge in [0, 0.05) is 22.9 Å². The molecule has 1 aromatic carbocycles. The van der Waals surface area contributed by atoms with E-state index in [1.807, 2.05) is 6.08 Å². The van der Waals surface area contributed by atoms with Gasteiger partial charge in [0.15, 0.2) is 11.5 Å². The average molecular weight is 448 g/mol. The van der Waals surface area contributed by atoms with Crippen LogP contribution in [0.15, 0.2) is 24.3 Å². The number of rotatable bonds is 9. The Kier molecular flexibility index (Phi) is 6.90. The maximum atomic E-state index is 10.8. The maximum absolute atomic E-state index is 10.8. The molecule has 4 nitrogen and oxygen atoms in total. The van der Waals surface area contributed by atoms with Gasteiger partial charge in [-0.25, -0.2) is 0 Å². The molecule has 1 spiro atoms. The third kappa shape index (κ3) is 3.69. The minimum Gasteiger partial charge on any atom is -0.490 e. The van der Waals surface area contributed by atoms with Crippen LogP contribution in [0.1, 0.15) is 69.4 Å². The van der Waals surface area contributed by atoms with E-state index in [1.54, 1.807) is 0 Å². The second-order valence-corrected chi connectivity index (χ2v) is 9.88. The highest BCUT2D eigenvalue weighted by atomic mass is 35.5.